The van der Waals surface area contributed by atoms with E-state index < -0.39 is 6.10 Å². The molecule has 1 unspecified atom stereocenters. The summed E-state index contributed by atoms with van der Waals surface area (Å²) in [5, 5.41) is 20.8. The van der Waals surface area contributed by atoms with Gasteiger partial charge in [0.2, 0.25) is 0 Å². The van der Waals surface area contributed by atoms with E-state index in [1.807, 2.05) is 14.0 Å². The normalized spacial score (nSPS) is 12.9. The van der Waals surface area contributed by atoms with Gasteiger partial charge in [-0.2, -0.15) is 10.2 Å². The monoisotopic (exact) mass is 299 g/mol. The van der Waals surface area contributed by atoms with Gasteiger partial charge in [0.15, 0.2) is 0 Å². The largest absolute Gasteiger partial charge is 0.388 e. The Hall–Kier alpha value is -1.34. The van der Waals surface area contributed by atoms with Gasteiger partial charge >= 0.3 is 0 Å². The molecule has 0 amide bonds. The Balaban J connectivity index is 2.24. The first-order valence-corrected chi connectivity index (χ1v) is 5.94. The van der Waals surface area contributed by atoms with Crippen LogP contribution in [0, 0.1) is 6.92 Å². The third-order valence-electron chi connectivity index (χ3n) is 2.71. The van der Waals surface area contributed by atoms with Gasteiger partial charge < -0.3 is 10.8 Å². The molecule has 0 bridgehead atoms. The number of aliphatic hydroxyl groups is 1. The molecular formula is C10H14BrN5O. The zero-order valence-corrected chi connectivity index (χ0v) is 11.2. The Kier molecular flexibility index (Phi) is 3.21. The van der Waals surface area contributed by atoms with E-state index in [1.54, 1.807) is 4.68 Å². The predicted molar refractivity (Wildman–Crippen MR) is 67.3 cm³/mol. The summed E-state index contributed by atoms with van der Waals surface area (Å²) in [5.41, 5.74) is 8.10. The maximum absolute atomic E-state index is 10.1. The average Bonchev–Trinajstić information content (AvgIpc) is 2.78. The molecule has 1 atom stereocenters. The molecule has 2 aromatic rings. The second-order valence-electron chi connectivity index (χ2n) is 3.93. The molecule has 0 saturated carbocycles. The molecule has 17 heavy (non-hydrogen) atoms. The molecular weight excluding hydrogens is 286 g/mol. The van der Waals surface area contributed by atoms with Crippen molar-refractivity contribution in [3.8, 4) is 0 Å². The number of anilines is 1. The lowest BCUT2D eigenvalue weighted by molar-refractivity contribution is 0.176. The summed E-state index contributed by atoms with van der Waals surface area (Å²) >= 11 is 3.46. The first-order chi connectivity index (χ1) is 8.00. The van der Waals surface area contributed by atoms with Crippen LogP contribution in [0.4, 0.5) is 5.82 Å². The minimum atomic E-state index is -0.695. The first kappa shape index (κ1) is 12.1. The van der Waals surface area contributed by atoms with Crippen LogP contribution in [-0.2, 0) is 13.5 Å². The Morgan fingerprint density at radius 2 is 2.35 bits per heavy atom. The quantitative estimate of drug-likeness (QED) is 0.790. The van der Waals surface area contributed by atoms with Gasteiger partial charge in [-0.15, -0.1) is 0 Å². The van der Waals surface area contributed by atoms with Crippen molar-refractivity contribution in [2.45, 2.75) is 19.4 Å². The number of nitrogens with one attached hydrogen (secondary N) is 1. The van der Waals surface area contributed by atoms with Gasteiger partial charge in [0.05, 0.1) is 28.2 Å². The van der Waals surface area contributed by atoms with E-state index in [4.69, 9.17) is 5.73 Å². The molecule has 2 heterocycles. The summed E-state index contributed by atoms with van der Waals surface area (Å²) < 4.78 is 2.67. The van der Waals surface area contributed by atoms with Crippen molar-refractivity contribution >= 4 is 21.7 Å². The molecule has 2 aromatic heterocycles. The molecule has 0 aliphatic carbocycles. The lowest BCUT2D eigenvalue weighted by atomic mass is 10.1. The molecule has 2 rings (SSSR count). The van der Waals surface area contributed by atoms with Crippen molar-refractivity contribution in [1.29, 1.82) is 0 Å². The number of halogens is 1. The number of hydrogen-bond donors (Lipinski definition) is 3. The van der Waals surface area contributed by atoms with Gasteiger partial charge in [-0.1, -0.05) is 0 Å². The predicted octanol–water partition coefficient (Wildman–Crippen LogP) is 1.07. The van der Waals surface area contributed by atoms with Gasteiger partial charge in [0.1, 0.15) is 5.82 Å². The highest BCUT2D eigenvalue weighted by atomic mass is 79.9. The summed E-state index contributed by atoms with van der Waals surface area (Å²) in [5.74, 6) is 0.396. The van der Waals surface area contributed by atoms with E-state index in [9.17, 15) is 5.11 Å². The molecule has 0 saturated heterocycles. The standard InChI is InChI=1S/C10H14BrN5O/c1-5-9(11)7(16(2)15-5)3-8(17)6-4-13-14-10(6)12/h4,8,17H,3H2,1-2H3,(H3,12,13,14). The Morgan fingerprint density at radius 3 is 2.82 bits per heavy atom. The summed E-state index contributed by atoms with van der Waals surface area (Å²) in [6, 6.07) is 0. The van der Waals surface area contributed by atoms with E-state index in [-0.39, 0.29) is 0 Å². The van der Waals surface area contributed by atoms with Crippen LogP contribution in [0.1, 0.15) is 23.1 Å². The molecule has 7 heteroatoms. The number of rotatable bonds is 3. The smallest absolute Gasteiger partial charge is 0.124 e. The number of nitrogens with zero attached hydrogens (tertiary/aromatic N) is 3. The maximum atomic E-state index is 10.1. The van der Waals surface area contributed by atoms with Crippen molar-refractivity contribution in [2.75, 3.05) is 5.73 Å². The SMILES string of the molecule is Cc1nn(C)c(CC(O)c2cn[nH]c2N)c1Br. The summed E-state index contributed by atoms with van der Waals surface area (Å²) in [6.07, 6.45) is 1.28. The molecule has 0 radical (unpaired) electrons. The highest BCUT2D eigenvalue weighted by Gasteiger charge is 2.18. The molecule has 0 aliphatic heterocycles. The minimum Gasteiger partial charge on any atom is -0.388 e. The van der Waals surface area contributed by atoms with Crippen LogP contribution in [0.3, 0.4) is 0 Å². The minimum absolute atomic E-state index is 0.396. The molecule has 92 valence electrons. The Bertz CT molecular complexity index is 533. The number of H-pyrrole nitrogens is 1. The molecule has 0 aromatic carbocycles. The van der Waals surface area contributed by atoms with Gasteiger partial charge in [0.25, 0.3) is 0 Å². The van der Waals surface area contributed by atoms with Gasteiger partial charge in [-0.3, -0.25) is 9.78 Å². The second kappa shape index (κ2) is 4.50. The van der Waals surface area contributed by atoms with Crippen molar-refractivity contribution < 1.29 is 5.11 Å². The van der Waals surface area contributed by atoms with Crippen molar-refractivity contribution in [2.24, 2.45) is 7.05 Å². The zero-order valence-electron chi connectivity index (χ0n) is 9.61. The molecule has 4 N–H and O–H groups in total. The summed E-state index contributed by atoms with van der Waals surface area (Å²) in [4.78, 5) is 0. The summed E-state index contributed by atoms with van der Waals surface area (Å²) in [6.45, 7) is 1.91. The third-order valence-corrected chi connectivity index (χ3v) is 3.74. The third kappa shape index (κ3) is 2.20. The number of nitrogen functional groups attached to an aromatic ring is 1. The van der Waals surface area contributed by atoms with Crippen LogP contribution >= 0.6 is 15.9 Å². The van der Waals surface area contributed by atoms with E-state index in [0.717, 1.165) is 15.9 Å². The van der Waals surface area contributed by atoms with E-state index in [2.05, 4.69) is 31.2 Å². The van der Waals surface area contributed by atoms with Crippen LogP contribution in [-0.4, -0.2) is 25.1 Å². The van der Waals surface area contributed by atoms with Crippen molar-refractivity contribution in [3.05, 3.63) is 27.6 Å². The lowest BCUT2D eigenvalue weighted by Crippen LogP contribution is -2.08. The van der Waals surface area contributed by atoms with E-state index >= 15 is 0 Å². The average molecular weight is 300 g/mol. The number of aromatic nitrogens is 4. The molecule has 0 aliphatic rings. The highest BCUT2D eigenvalue weighted by molar-refractivity contribution is 9.10. The zero-order chi connectivity index (χ0) is 12.6. The van der Waals surface area contributed by atoms with Crippen molar-refractivity contribution in [3.63, 3.8) is 0 Å². The molecule has 6 nitrogen and oxygen atoms in total. The number of nitrogens with two attached hydrogens (primary N) is 1. The van der Waals surface area contributed by atoms with Crippen LogP contribution < -0.4 is 5.73 Å². The van der Waals surface area contributed by atoms with Gasteiger partial charge in [-0.25, -0.2) is 0 Å². The maximum Gasteiger partial charge on any atom is 0.124 e. The topological polar surface area (TPSA) is 92.7 Å². The fraction of sp³-hybridized carbons (Fsp3) is 0.400. The Labute approximate surface area is 107 Å². The van der Waals surface area contributed by atoms with Crippen LogP contribution in [0.5, 0.6) is 0 Å². The number of aliphatic hydroxyl groups excluding tert-OH is 1. The van der Waals surface area contributed by atoms with Gasteiger partial charge in [0, 0.05) is 19.0 Å². The molecule has 0 fully saturated rings. The fourth-order valence-electron chi connectivity index (χ4n) is 1.77. The molecule has 0 spiro atoms. The van der Waals surface area contributed by atoms with Crippen molar-refractivity contribution in [1.82, 2.24) is 20.0 Å². The highest BCUT2D eigenvalue weighted by Crippen LogP contribution is 2.27. The number of hydrogen-bond acceptors (Lipinski definition) is 4. The lowest BCUT2D eigenvalue weighted by Gasteiger charge is -2.10. The number of aryl methyl sites for hydroxylation is 2. The van der Waals surface area contributed by atoms with Crippen LogP contribution in [0.2, 0.25) is 0 Å². The van der Waals surface area contributed by atoms with Crippen LogP contribution in [0.15, 0.2) is 10.7 Å². The van der Waals surface area contributed by atoms with E-state index in [1.165, 1.54) is 6.20 Å². The fourth-order valence-corrected chi connectivity index (χ4v) is 2.26. The number of aromatic amines is 1. The second-order valence-corrected chi connectivity index (χ2v) is 4.72. The van der Waals surface area contributed by atoms with Crippen LogP contribution in [0.25, 0.3) is 0 Å². The van der Waals surface area contributed by atoms with Gasteiger partial charge in [-0.05, 0) is 22.9 Å². The van der Waals surface area contributed by atoms with E-state index in [0.29, 0.717) is 17.8 Å². The first-order valence-electron chi connectivity index (χ1n) is 5.15. The Morgan fingerprint density at radius 1 is 1.65 bits per heavy atom. The summed E-state index contributed by atoms with van der Waals surface area (Å²) in [7, 11) is 1.85.